The molecule has 2 aromatic rings. The van der Waals surface area contributed by atoms with Gasteiger partial charge in [0, 0.05) is 18.0 Å². The first kappa shape index (κ1) is 14.8. The van der Waals surface area contributed by atoms with E-state index < -0.39 is 11.2 Å². The zero-order chi connectivity index (χ0) is 15.4. The van der Waals surface area contributed by atoms with Gasteiger partial charge in [-0.15, -0.1) is 0 Å². The summed E-state index contributed by atoms with van der Waals surface area (Å²) in [5, 5.41) is 2.71. The van der Waals surface area contributed by atoms with E-state index in [0.717, 1.165) is 4.57 Å². The van der Waals surface area contributed by atoms with Gasteiger partial charge in [0.1, 0.15) is 6.54 Å². The molecule has 6 nitrogen and oxygen atoms in total. The number of benzene rings is 1. The van der Waals surface area contributed by atoms with E-state index >= 15 is 0 Å². The van der Waals surface area contributed by atoms with Crippen LogP contribution in [0.4, 0.5) is 5.69 Å². The van der Waals surface area contributed by atoms with Crippen LogP contribution in [0.5, 0.6) is 0 Å². The Labute approximate surface area is 121 Å². The van der Waals surface area contributed by atoms with Crippen molar-refractivity contribution in [2.45, 2.75) is 26.3 Å². The van der Waals surface area contributed by atoms with Crippen molar-refractivity contribution in [2.24, 2.45) is 0 Å². The summed E-state index contributed by atoms with van der Waals surface area (Å²) in [5.41, 5.74) is 0.764. The lowest BCUT2D eigenvalue weighted by molar-refractivity contribution is -0.116. The third kappa shape index (κ3) is 3.92. The van der Waals surface area contributed by atoms with E-state index in [1.165, 1.54) is 17.8 Å². The van der Waals surface area contributed by atoms with E-state index in [-0.39, 0.29) is 12.5 Å². The number of amides is 1. The lowest BCUT2D eigenvalue weighted by Crippen LogP contribution is -2.32. The molecule has 0 aliphatic carbocycles. The second kappa shape index (κ2) is 6.21. The average molecular weight is 287 g/mol. The highest BCUT2D eigenvalue weighted by atomic mass is 16.2. The third-order valence-corrected chi connectivity index (χ3v) is 3.07. The van der Waals surface area contributed by atoms with Gasteiger partial charge in [-0.2, -0.15) is 0 Å². The molecule has 21 heavy (non-hydrogen) atoms. The Morgan fingerprint density at radius 1 is 1.19 bits per heavy atom. The molecular formula is C15H17N3O3. The molecule has 1 aromatic carbocycles. The fourth-order valence-corrected chi connectivity index (χ4v) is 1.88. The molecule has 2 rings (SSSR count). The summed E-state index contributed by atoms with van der Waals surface area (Å²) in [7, 11) is 0. The lowest BCUT2D eigenvalue weighted by Gasteiger charge is -2.09. The van der Waals surface area contributed by atoms with Crippen molar-refractivity contribution in [1.82, 2.24) is 9.55 Å². The van der Waals surface area contributed by atoms with Crippen molar-refractivity contribution in [3.05, 3.63) is 62.9 Å². The van der Waals surface area contributed by atoms with E-state index in [1.54, 1.807) is 0 Å². The van der Waals surface area contributed by atoms with E-state index in [0.29, 0.717) is 11.6 Å². The van der Waals surface area contributed by atoms with E-state index in [2.05, 4.69) is 24.1 Å². The van der Waals surface area contributed by atoms with Crippen LogP contribution in [-0.2, 0) is 11.3 Å². The minimum Gasteiger partial charge on any atom is -0.325 e. The number of carbonyl (C=O) groups is 1. The van der Waals surface area contributed by atoms with Gasteiger partial charge in [-0.05, 0) is 23.6 Å². The van der Waals surface area contributed by atoms with Gasteiger partial charge in [-0.3, -0.25) is 19.1 Å². The van der Waals surface area contributed by atoms with Crippen molar-refractivity contribution >= 4 is 11.6 Å². The summed E-state index contributed by atoms with van der Waals surface area (Å²) >= 11 is 0. The highest BCUT2D eigenvalue weighted by molar-refractivity contribution is 5.90. The van der Waals surface area contributed by atoms with Gasteiger partial charge in [0.15, 0.2) is 0 Å². The van der Waals surface area contributed by atoms with Crippen LogP contribution in [0.1, 0.15) is 25.3 Å². The standard InChI is InChI=1S/C15H17N3O3/c1-10(2)11-3-5-12(6-4-11)16-14(20)9-18-8-7-13(19)17-15(18)21/h3-8,10H,9H2,1-2H3,(H,16,20)(H,17,19,21). The molecule has 0 saturated heterocycles. The van der Waals surface area contributed by atoms with Crippen LogP contribution in [0.2, 0.25) is 0 Å². The first-order chi connectivity index (χ1) is 9.95. The predicted octanol–water partition coefficient (Wildman–Crippen LogP) is 1.30. The van der Waals surface area contributed by atoms with E-state index in [1.807, 2.05) is 24.3 Å². The molecule has 0 unspecified atom stereocenters. The summed E-state index contributed by atoms with van der Waals surface area (Å²) in [6.07, 6.45) is 1.29. The van der Waals surface area contributed by atoms with Crippen LogP contribution in [0, 0.1) is 0 Å². The highest BCUT2D eigenvalue weighted by Gasteiger charge is 2.06. The molecule has 0 aliphatic rings. The Bertz CT molecular complexity index is 742. The maximum atomic E-state index is 11.9. The van der Waals surface area contributed by atoms with E-state index in [9.17, 15) is 14.4 Å². The number of hydrogen-bond donors (Lipinski definition) is 2. The molecule has 2 N–H and O–H groups in total. The molecule has 0 aliphatic heterocycles. The molecule has 0 saturated carbocycles. The summed E-state index contributed by atoms with van der Waals surface area (Å²) < 4.78 is 1.14. The van der Waals surface area contributed by atoms with Gasteiger partial charge in [0.25, 0.3) is 5.56 Å². The Hall–Kier alpha value is -2.63. The highest BCUT2D eigenvalue weighted by Crippen LogP contribution is 2.16. The monoisotopic (exact) mass is 287 g/mol. The van der Waals surface area contributed by atoms with Gasteiger partial charge in [0.05, 0.1) is 0 Å². The van der Waals surface area contributed by atoms with Gasteiger partial charge < -0.3 is 5.32 Å². The summed E-state index contributed by atoms with van der Waals surface area (Å²) in [4.78, 5) is 36.4. The van der Waals surface area contributed by atoms with E-state index in [4.69, 9.17) is 0 Å². The number of H-pyrrole nitrogens is 1. The molecule has 110 valence electrons. The Balaban J connectivity index is 2.04. The summed E-state index contributed by atoms with van der Waals surface area (Å²) in [5.74, 6) is 0.0934. The second-order valence-electron chi connectivity index (χ2n) is 5.06. The normalized spacial score (nSPS) is 10.6. The zero-order valence-corrected chi connectivity index (χ0v) is 11.9. The third-order valence-electron chi connectivity index (χ3n) is 3.07. The quantitative estimate of drug-likeness (QED) is 0.889. The van der Waals surface area contributed by atoms with Gasteiger partial charge in [0.2, 0.25) is 5.91 Å². The Morgan fingerprint density at radius 3 is 2.43 bits per heavy atom. The van der Waals surface area contributed by atoms with Crippen LogP contribution >= 0.6 is 0 Å². The molecule has 0 bridgehead atoms. The first-order valence-corrected chi connectivity index (χ1v) is 6.65. The number of anilines is 1. The minimum atomic E-state index is -0.604. The molecular weight excluding hydrogens is 270 g/mol. The average Bonchev–Trinajstić information content (AvgIpc) is 2.42. The van der Waals surface area contributed by atoms with Crippen molar-refractivity contribution in [3.63, 3.8) is 0 Å². The van der Waals surface area contributed by atoms with Crippen LogP contribution in [0.15, 0.2) is 46.1 Å². The molecule has 1 heterocycles. The SMILES string of the molecule is CC(C)c1ccc(NC(=O)Cn2ccc(=O)[nH]c2=O)cc1. The Morgan fingerprint density at radius 2 is 1.86 bits per heavy atom. The molecule has 0 spiro atoms. The van der Waals surface area contributed by atoms with Crippen molar-refractivity contribution < 1.29 is 4.79 Å². The Kier molecular flexibility index (Phi) is 4.37. The largest absolute Gasteiger partial charge is 0.328 e. The van der Waals surface area contributed by atoms with Crippen LogP contribution in [0.25, 0.3) is 0 Å². The molecule has 6 heteroatoms. The van der Waals surface area contributed by atoms with Crippen LogP contribution < -0.4 is 16.6 Å². The predicted molar refractivity (Wildman–Crippen MR) is 80.5 cm³/mol. The maximum absolute atomic E-state index is 11.9. The first-order valence-electron chi connectivity index (χ1n) is 6.65. The topological polar surface area (TPSA) is 84.0 Å². The number of hydrogen-bond acceptors (Lipinski definition) is 3. The van der Waals surface area contributed by atoms with Crippen molar-refractivity contribution in [3.8, 4) is 0 Å². The van der Waals surface area contributed by atoms with Crippen LogP contribution in [0.3, 0.4) is 0 Å². The summed E-state index contributed by atoms with van der Waals surface area (Å²) in [6, 6.07) is 8.75. The number of aromatic amines is 1. The lowest BCUT2D eigenvalue weighted by atomic mass is 10.0. The molecule has 0 atom stereocenters. The molecule has 0 fully saturated rings. The molecule has 1 amide bonds. The van der Waals surface area contributed by atoms with Crippen molar-refractivity contribution in [2.75, 3.05) is 5.32 Å². The van der Waals surface area contributed by atoms with Gasteiger partial charge in [-0.25, -0.2) is 4.79 Å². The maximum Gasteiger partial charge on any atom is 0.328 e. The van der Waals surface area contributed by atoms with Crippen molar-refractivity contribution in [1.29, 1.82) is 0 Å². The van der Waals surface area contributed by atoms with Gasteiger partial charge >= 0.3 is 5.69 Å². The molecule has 0 radical (unpaired) electrons. The fraction of sp³-hybridized carbons (Fsp3) is 0.267. The fourth-order valence-electron chi connectivity index (χ4n) is 1.88. The number of nitrogens with zero attached hydrogens (tertiary/aromatic N) is 1. The second-order valence-corrected chi connectivity index (χ2v) is 5.06. The van der Waals surface area contributed by atoms with Crippen LogP contribution in [-0.4, -0.2) is 15.5 Å². The molecule has 1 aromatic heterocycles. The zero-order valence-electron chi connectivity index (χ0n) is 11.9. The summed E-state index contributed by atoms with van der Waals surface area (Å²) in [6.45, 7) is 4.04. The number of rotatable bonds is 4. The number of aromatic nitrogens is 2. The van der Waals surface area contributed by atoms with Gasteiger partial charge in [-0.1, -0.05) is 26.0 Å². The number of carbonyl (C=O) groups excluding carboxylic acids is 1. The smallest absolute Gasteiger partial charge is 0.325 e. The number of nitrogens with one attached hydrogen (secondary N) is 2. The minimum absolute atomic E-state index is 0.151.